The van der Waals surface area contributed by atoms with Crippen LogP contribution >= 0.6 is 15.9 Å². The topological polar surface area (TPSA) is 78.6 Å². The molecule has 8 heteroatoms. The molecule has 0 radical (unpaired) electrons. The lowest BCUT2D eigenvalue weighted by Crippen LogP contribution is -2.14. The summed E-state index contributed by atoms with van der Waals surface area (Å²) in [7, 11) is -2.58. The van der Waals surface area contributed by atoms with E-state index in [9.17, 15) is 12.8 Å². The SMILES string of the molecule is COCCOc1cc(F)c(S(N)(=O)=O)cc1Br. The van der Waals surface area contributed by atoms with Gasteiger partial charge in [0.05, 0.1) is 11.1 Å². The van der Waals surface area contributed by atoms with Crippen LogP contribution in [0.25, 0.3) is 0 Å². The summed E-state index contributed by atoms with van der Waals surface area (Å²) in [5, 5.41) is 4.85. The second-order valence-electron chi connectivity index (χ2n) is 3.10. The standard InChI is InChI=1S/C9H11BrFNO4S/c1-15-2-3-16-8-5-7(11)9(4-6(8)10)17(12,13)14/h4-5H,2-3H2,1H3,(H2,12,13,14). The van der Waals surface area contributed by atoms with Gasteiger partial charge in [-0.1, -0.05) is 0 Å². The van der Waals surface area contributed by atoms with Crippen molar-refractivity contribution < 1.29 is 22.3 Å². The van der Waals surface area contributed by atoms with Crippen LogP contribution in [0.15, 0.2) is 21.5 Å². The fraction of sp³-hybridized carbons (Fsp3) is 0.333. The Balaban J connectivity index is 3.02. The van der Waals surface area contributed by atoms with Gasteiger partial charge < -0.3 is 9.47 Å². The molecule has 1 aromatic rings. The molecule has 0 aliphatic carbocycles. The molecule has 1 aromatic carbocycles. The van der Waals surface area contributed by atoms with E-state index in [0.29, 0.717) is 11.1 Å². The number of rotatable bonds is 5. The van der Waals surface area contributed by atoms with Crippen molar-refractivity contribution >= 4 is 26.0 Å². The largest absolute Gasteiger partial charge is 0.490 e. The highest BCUT2D eigenvalue weighted by Crippen LogP contribution is 2.29. The molecular weight excluding hydrogens is 317 g/mol. The van der Waals surface area contributed by atoms with E-state index < -0.39 is 20.7 Å². The summed E-state index contributed by atoms with van der Waals surface area (Å²) < 4.78 is 45.8. The second kappa shape index (κ2) is 5.76. The minimum absolute atomic E-state index is 0.187. The van der Waals surface area contributed by atoms with Crippen molar-refractivity contribution in [2.45, 2.75) is 4.90 Å². The number of methoxy groups -OCH3 is 1. The van der Waals surface area contributed by atoms with Crippen LogP contribution in [-0.2, 0) is 14.8 Å². The first-order valence-corrected chi connectivity index (χ1v) is 6.83. The van der Waals surface area contributed by atoms with Gasteiger partial charge in [-0.3, -0.25) is 0 Å². The average Bonchev–Trinajstić information content (AvgIpc) is 2.21. The van der Waals surface area contributed by atoms with Crippen molar-refractivity contribution in [2.24, 2.45) is 5.14 Å². The molecule has 5 nitrogen and oxygen atoms in total. The van der Waals surface area contributed by atoms with E-state index in [1.54, 1.807) is 0 Å². The van der Waals surface area contributed by atoms with Crippen LogP contribution < -0.4 is 9.88 Å². The molecule has 1 rings (SSSR count). The predicted molar refractivity (Wildman–Crippen MR) is 62.8 cm³/mol. The molecule has 96 valence electrons. The van der Waals surface area contributed by atoms with Crippen molar-refractivity contribution in [1.29, 1.82) is 0 Å². The van der Waals surface area contributed by atoms with E-state index in [0.717, 1.165) is 12.1 Å². The zero-order chi connectivity index (χ0) is 13.1. The van der Waals surface area contributed by atoms with Gasteiger partial charge in [0.1, 0.15) is 23.1 Å². The van der Waals surface area contributed by atoms with Gasteiger partial charge in [-0.2, -0.15) is 0 Å². The Morgan fingerprint density at radius 1 is 1.41 bits per heavy atom. The van der Waals surface area contributed by atoms with Gasteiger partial charge in [-0.05, 0) is 22.0 Å². The van der Waals surface area contributed by atoms with Crippen LogP contribution in [0.3, 0.4) is 0 Å². The summed E-state index contributed by atoms with van der Waals surface area (Å²) in [5.41, 5.74) is 0. The highest BCUT2D eigenvalue weighted by molar-refractivity contribution is 9.10. The summed E-state index contributed by atoms with van der Waals surface area (Å²) in [6.45, 7) is 0.564. The van der Waals surface area contributed by atoms with Crippen LogP contribution in [0.4, 0.5) is 4.39 Å². The number of sulfonamides is 1. The minimum atomic E-state index is -4.08. The fourth-order valence-electron chi connectivity index (χ4n) is 1.07. The first kappa shape index (κ1) is 14.4. The van der Waals surface area contributed by atoms with E-state index in [-0.39, 0.29) is 12.4 Å². The molecule has 0 spiro atoms. The Kier molecular flexibility index (Phi) is 4.87. The zero-order valence-corrected chi connectivity index (χ0v) is 11.3. The van der Waals surface area contributed by atoms with Gasteiger partial charge in [0.15, 0.2) is 0 Å². The Hall–Kier alpha value is -0.700. The van der Waals surface area contributed by atoms with Crippen LogP contribution in [0.1, 0.15) is 0 Å². The van der Waals surface area contributed by atoms with Gasteiger partial charge in [0, 0.05) is 13.2 Å². The van der Waals surface area contributed by atoms with Gasteiger partial charge in [0.2, 0.25) is 10.0 Å². The number of ether oxygens (including phenoxy) is 2. The molecule has 0 aromatic heterocycles. The third kappa shape index (κ3) is 3.91. The lowest BCUT2D eigenvalue weighted by Gasteiger charge is -2.09. The number of halogens is 2. The van der Waals surface area contributed by atoms with Crippen LogP contribution in [0, 0.1) is 5.82 Å². The van der Waals surface area contributed by atoms with Crippen molar-refractivity contribution in [3.05, 3.63) is 22.4 Å². The molecule has 0 aliphatic heterocycles. The van der Waals surface area contributed by atoms with Crippen molar-refractivity contribution in [3.8, 4) is 5.75 Å². The maximum Gasteiger partial charge on any atom is 0.241 e. The lowest BCUT2D eigenvalue weighted by molar-refractivity contribution is 0.145. The zero-order valence-electron chi connectivity index (χ0n) is 8.94. The first-order chi connectivity index (χ1) is 7.86. The maximum absolute atomic E-state index is 13.4. The normalized spacial score (nSPS) is 11.5. The average molecular weight is 328 g/mol. The predicted octanol–water partition coefficient (Wildman–Crippen LogP) is 1.26. The number of hydrogen-bond donors (Lipinski definition) is 1. The fourth-order valence-corrected chi connectivity index (χ4v) is 2.30. The van der Waals surface area contributed by atoms with E-state index >= 15 is 0 Å². The van der Waals surface area contributed by atoms with E-state index in [1.165, 1.54) is 7.11 Å². The van der Waals surface area contributed by atoms with Gasteiger partial charge in [-0.25, -0.2) is 17.9 Å². The first-order valence-electron chi connectivity index (χ1n) is 4.50. The highest BCUT2D eigenvalue weighted by atomic mass is 79.9. The van der Waals surface area contributed by atoms with Crippen LogP contribution in [-0.4, -0.2) is 28.7 Å². The number of nitrogens with two attached hydrogens (primary N) is 1. The smallest absolute Gasteiger partial charge is 0.241 e. The minimum Gasteiger partial charge on any atom is -0.490 e. The molecule has 0 amide bonds. The van der Waals surface area contributed by atoms with Crippen molar-refractivity contribution in [3.63, 3.8) is 0 Å². The van der Waals surface area contributed by atoms with Gasteiger partial charge in [0.25, 0.3) is 0 Å². The summed E-state index contributed by atoms with van der Waals surface area (Å²) in [6.07, 6.45) is 0. The summed E-state index contributed by atoms with van der Waals surface area (Å²) in [4.78, 5) is -0.580. The summed E-state index contributed by atoms with van der Waals surface area (Å²) in [6, 6.07) is 2.02. The Bertz CT molecular complexity index is 506. The summed E-state index contributed by atoms with van der Waals surface area (Å²) >= 11 is 3.07. The van der Waals surface area contributed by atoms with E-state index in [1.807, 2.05) is 0 Å². The maximum atomic E-state index is 13.4. The van der Waals surface area contributed by atoms with Crippen molar-refractivity contribution in [2.75, 3.05) is 20.3 Å². The van der Waals surface area contributed by atoms with Crippen molar-refractivity contribution in [1.82, 2.24) is 0 Å². The molecule has 0 saturated heterocycles. The number of primary sulfonamides is 1. The van der Waals surface area contributed by atoms with Crippen LogP contribution in [0.5, 0.6) is 5.75 Å². The Morgan fingerprint density at radius 3 is 2.59 bits per heavy atom. The Morgan fingerprint density at radius 2 is 2.06 bits per heavy atom. The second-order valence-corrected chi connectivity index (χ2v) is 5.48. The number of hydrogen-bond acceptors (Lipinski definition) is 4. The molecule has 0 atom stereocenters. The molecule has 0 heterocycles. The Labute approximate surface area is 107 Å². The molecule has 0 bridgehead atoms. The molecular formula is C9H11BrFNO4S. The molecule has 0 aliphatic rings. The monoisotopic (exact) mass is 327 g/mol. The molecule has 17 heavy (non-hydrogen) atoms. The van der Waals surface area contributed by atoms with E-state index in [2.05, 4.69) is 15.9 Å². The third-order valence-corrected chi connectivity index (χ3v) is 3.38. The van der Waals surface area contributed by atoms with Gasteiger partial charge >= 0.3 is 0 Å². The quantitative estimate of drug-likeness (QED) is 0.826. The highest BCUT2D eigenvalue weighted by Gasteiger charge is 2.17. The molecule has 0 fully saturated rings. The molecule has 2 N–H and O–H groups in total. The van der Waals surface area contributed by atoms with E-state index in [4.69, 9.17) is 14.6 Å². The summed E-state index contributed by atoms with van der Waals surface area (Å²) in [5.74, 6) is -0.768. The lowest BCUT2D eigenvalue weighted by atomic mass is 10.3. The number of benzene rings is 1. The molecule has 0 unspecified atom stereocenters. The third-order valence-electron chi connectivity index (χ3n) is 1.84. The molecule has 0 saturated carbocycles. The van der Waals surface area contributed by atoms with Crippen LogP contribution in [0.2, 0.25) is 0 Å². The van der Waals surface area contributed by atoms with Gasteiger partial charge in [-0.15, -0.1) is 0 Å².